The Balaban J connectivity index is 1.48. The van der Waals surface area contributed by atoms with Crippen molar-refractivity contribution >= 4 is 23.0 Å². The number of nitrogens with one attached hydrogen (secondary N) is 2. The monoisotopic (exact) mass is 353 g/mol. The first-order valence-corrected chi connectivity index (χ1v) is 9.66. The second-order valence-electron chi connectivity index (χ2n) is 7.01. The molecule has 0 bridgehead atoms. The molecule has 0 radical (unpaired) electrons. The van der Waals surface area contributed by atoms with E-state index in [0.717, 1.165) is 43.6 Å². The van der Waals surface area contributed by atoms with Crippen LogP contribution in [0.25, 0.3) is 0 Å². The van der Waals surface area contributed by atoms with Gasteiger partial charge in [-0.3, -0.25) is 0 Å². The second kappa shape index (κ2) is 8.36. The third-order valence-corrected chi connectivity index (χ3v) is 5.14. The highest BCUT2D eigenvalue weighted by molar-refractivity contribution is 5.74. The van der Waals surface area contributed by atoms with Gasteiger partial charge in [-0.2, -0.15) is 0 Å². The summed E-state index contributed by atoms with van der Waals surface area (Å²) in [5.41, 5.74) is 2.26. The SMILES string of the molecule is c1ccc(N2CCOCC2)c(Nc2cc(NC3CCCCC3)ncn2)c1. The number of hydrogen-bond donors (Lipinski definition) is 2. The van der Waals surface area contributed by atoms with Gasteiger partial charge in [-0.05, 0) is 25.0 Å². The number of morpholine rings is 1. The van der Waals surface area contributed by atoms with Crippen molar-refractivity contribution in [3.05, 3.63) is 36.7 Å². The Bertz CT molecular complexity index is 711. The molecule has 6 heteroatoms. The van der Waals surface area contributed by atoms with Crippen LogP contribution < -0.4 is 15.5 Å². The van der Waals surface area contributed by atoms with Gasteiger partial charge in [0.1, 0.15) is 18.0 Å². The van der Waals surface area contributed by atoms with Crippen LogP contribution in [0.3, 0.4) is 0 Å². The van der Waals surface area contributed by atoms with Gasteiger partial charge in [-0.15, -0.1) is 0 Å². The number of benzene rings is 1. The molecule has 0 amide bonds. The molecule has 2 heterocycles. The van der Waals surface area contributed by atoms with Crippen molar-refractivity contribution in [2.75, 3.05) is 41.8 Å². The van der Waals surface area contributed by atoms with Crippen molar-refractivity contribution in [2.24, 2.45) is 0 Å². The maximum atomic E-state index is 5.48. The maximum absolute atomic E-state index is 5.48. The van der Waals surface area contributed by atoms with Crippen molar-refractivity contribution in [1.29, 1.82) is 0 Å². The van der Waals surface area contributed by atoms with Gasteiger partial charge in [-0.1, -0.05) is 31.4 Å². The van der Waals surface area contributed by atoms with Crippen LogP contribution in [-0.4, -0.2) is 42.3 Å². The lowest BCUT2D eigenvalue weighted by molar-refractivity contribution is 0.123. The first-order valence-electron chi connectivity index (χ1n) is 9.66. The first kappa shape index (κ1) is 17.1. The fourth-order valence-electron chi connectivity index (χ4n) is 3.76. The van der Waals surface area contributed by atoms with Crippen molar-refractivity contribution in [3.8, 4) is 0 Å². The lowest BCUT2D eigenvalue weighted by Gasteiger charge is -2.30. The molecule has 138 valence electrons. The Kier molecular flexibility index (Phi) is 5.50. The molecule has 2 fully saturated rings. The fraction of sp³-hybridized carbons (Fsp3) is 0.500. The van der Waals surface area contributed by atoms with Crippen molar-refractivity contribution in [2.45, 2.75) is 38.1 Å². The predicted octanol–water partition coefficient (Wildman–Crippen LogP) is 3.80. The number of nitrogens with zero attached hydrogens (tertiary/aromatic N) is 3. The quantitative estimate of drug-likeness (QED) is 0.852. The normalized spacial score (nSPS) is 18.5. The van der Waals surface area contributed by atoms with Crippen LogP contribution in [0.15, 0.2) is 36.7 Å². The summed E-state index contributed by atoms with van der Waals surface area (Å²) < 4.78 is 5.48. The molecule has 0 spiro atoms. The van der Waals surface area contributed by atoms with Crippen molar-refractivity contribution in [1.82, 2.24) is 9.97 Å². The van der Waals surface area contributed by atoms with E-state index in [2.05, 4.69) is 49.8 Å². The van der Waals surface area contributed by atoms with Crippen LogP contribution in [0.1, 0.15) is 32.1 Å². The summed E-state index contributed by atoms with van der Waals surface area (Å²) in [6.07, 6.45) is 8.05. The third kappa shape index (κ3) is 4.25. The summed E-state index contributed by atoms with van der Waals surface area (Å²) in [5.74, 6) is 1.72. The smallest absolute Gasteiger partial charge is 0.135 e. The number of aromatic nitrogens is 2. The van der Waals surface area contributed by atoms with E-state index < -0.39 is 0 Å². The van der Waals surface area contributed by atoms with E-state index in [9.17, 15) is 0 Å². The van der Waals surface area contributed by atoms with Gasteiger partial charge < -0.3 is 20.3 Å². The largest absolute Gasteiger partial charge is 0.378 e. The van der Waals surface area contributed by atoms with Gasteiger partial charge in [-0.25, -0.2) is 9.97 Å². The Labute approximate surface area is 155 Å². The molecule has 4 rings (SSSR count). The van der Waals surface area contributed by atoms with E-state index >= 15 is 0 Å². The number of hydrogen-bond acceptors (Lipinski definition) is 6. The third-order valence-electron chi connectivity index (χ3n) is 5.14. The van der Waals surface area contributed by atoms with Crippen molar-refractivity contribution in [3.63, 3.8) is 0 Å². The standard InChI is InChI=1S/C20H27N5O/c1-2-6-16(7-3-1)23-19-14-20(22-15-21-19)24-17-8-4-5-9-18(17)25-10-12-26-13-11-25/h4-5,8-9,14-16H,1-3,6-7,10-13H2,(H2,21,22,23,24). The molecule has 1 saturated carbocycles. The Morgan fingerprint density at radius 1 is 0.962 bits per heavy atom. The average Bonchev–Trinajstić information content (AvgIpc) is 2.70. The van der Waals surface area contributed by atoms with Crippen LogP contribution in [0.4, 0.5) is 23.0 Å². The van der Waals surface area contributed by atoms with E-state index in [1.807, 2.05) is 6.07 Å². The molecule has 0 unspecified atom stereocenters. The lowest BCUT2D eigenvalue weighted by Crippen LogP contribution is -2.36. The molecular formula is C20H27N5O. The van der Waals surface area contributed by atoms with Crippen LogP contribution in [0.5, 0.6) is 0 Å². The van der Waals surface area contributed by atoms with E-state index in [4.69, 9.17) is 4.74 Å². The molecule has 6 nitrogen and oxygen atoms in total. The minimum Gasteiger partial charge on any atom is -0.378 e. The number of para-hydroxylation sites is 2. The number of ether oxygens (including phenoxy) is 1. The van der Waals surface area contributed by atoms with Gasteiger partial charge in [0.05, 0.1) is 24.6 Å². The van der Waals surface area contributed by atoms with Gasteiger partial charge in [0.15, 0.2) is 0 Å². The van der Waals surface area contributed by atoms with E-state index in [1.54, 1.807) is 6.33 Å². The van der Waals surface area contributed by atoms with Crippen molar-refractivity contribution < 1.29 is 4.74 Å². The number of rotatable bonds is 5. The highest BCUT2D eigenvalue weighted by Crippen LogP contribution is 2.29. The molecule has 2 aliphatic rings. The van der Waals surface area contributed by atoms with E-state index in [0.29, 0.717) is 6.04 Å². The topological polar surface area (TPSA) is 62.3 Å². The zero-order valence-corrected chi connectivity index (χ0v) is 15.2. The van der Waals surface area contributed by atoms with Gasteiger partial charge in [0.25, 0.3) is 0 Å². The first-order chi connectivity index (χ1) is 12.9. The molecule has 1 saturated heterocycles. The summed E-state index contributed by atoms with van der Waals surface area (Å²) in [4.78, 5) is 11.2. The average molecular weight is 353 g/mol. The maximum Gasteiger partial charge on any atom is 0.135 e. The van der Waals surface area contributed by atoms with Gasteiger partial charge in [0, 0.05) is 25.2 Å². The Morgan fingerprint density at radius 2 is 1.73 bits per heavy atom. The summed E-state index contributed by atoms with van der Waals surface area (Å²) in [6, 6.07) is 10.9. The lowest BCUT2D eigenvalue weighted by atomic mass is 9.95. The molecule has 2 N–H and O–H groups in total. The predicted molar refractivity (Wildman–Crippen MR) is 105 cm³/mol. The minimum absolute atomic E-state index is 0.534. The van der Waals surface area contributed by atoms with E-state index in [1.165, 1.54) is 37.8 Å². The molecule has 2 aromatic rings. The molecular weight excluding hydrogens is 326 g/mol. The summed E-state index contributed by atoms with van der Waals surface area (Å²) in [6.45, 7) is 3.38. The molecule has 1 aromatic carbocycles. The number of anilines is 4. The summed E-state index contributed by atoms with van der Waals surface area (Å²) in [5, 5.41) is 7.04. The molecule has 1 aliphatic heterocycles. The molecule has 0 atom stereocenters. The molecule has 26 heavy (non-hydrogen) atoms. The highest BCUT2D eigenvalue weighted by atomic mass is 16.5. The Hall–Kier alpha value is -2.34. The van der Waals surface area contributed by atoms with Gasteiger partial charge in [0.2, 0.25) is 0 Å². The summed E-state index contributed by atoms with van der Waals surface area (Å²) >= 11 is 0. The zero-order chi connectivity index (χ0) is 17.6. The minimum atomic E-state index is 0.534. The van der Waals surface area contributed by atoms with E-state index in [-0.39, 0.29) is 0 Å². The molecule has 1 aromatic heterocycles. The Morgan fingerprint density at radius 3 is 2.58 bits per heavy atom. The van der Waals surface area contributed by atoms with Crippen LogP contribution in [0.2, 0.25) is 0 Å². The van der Waals surface area contributed by atoms with Crippen LogP contribution in [-0.2, 0) is 4.74 Å². The van der Waals surface area contributed by atoms with Crippen LogP contribution in [0, 0.1) is 0 Å². The second-order valence-corrected chi connectivity index (χ2v) is 7.01. The van der Waals surface area contributed by atoms with Crippen LogP contribution >= 0.6 is 0 Å². The fourth-order valence-corrected chi connectivity index (χ4v) is 3.76. The van der Waals surface area contributed by atoms with Gasteiger partial charge >= 0.3 is 0 Å². The molecule has 1 aliphatic carbocycles. The zero-order valence-electron chi connectivity index (χ0n) is 15.2. The highest BCUT2D eigenvalue weighted by Gasteiger charge is 2.16. The summed E-state index contributed by atoms with van der Waals surface area (Å²) in [7, 11) is 0.